The minimum atomic E-state index is -0.766. The van der Waals surface area contributed by atoms with E-state index in [0.717, 1.165) is 32.1 Å². The molecule has 0 unspecified atom stereocenters. The summed E-state index contributed by atoms with van der Waals surface area (Å²) in [6.07, 6.45) is 6.33. The van der Waals surface area contributed by atoms with E-state index in [4.69, 9.17) is 18.9 Å². The Balaban J connectivity index is 1.88. The topological polar surface area (TPSA) is 80.0 Å². The summed E-state index contributed by atoms with van der Waals surface area (Å²) in [5.74, 6) is -0.968. The molecule has 1 saturated carbocycles. The lowest BCUT2D eigenvalue weighted by Crippen LogP contribution is -2.16. The average molecular weight is 462 g/mol. The molecule has 0 amide bonds. The first-order valence-electron chi connectivity index (χ1n) is 11.1. The van der Waals surface area contributed by atoms with Crippen molar-refractivity contribution in [3.05, 3.63) is 35.8 Å². The Bertz CT molecular complexity index is 1060. The molecule has 2 aromatic heterocycles. The third-order valence-electron chi connectivity index (χ3n) is 5.77. The highest BCUT2D eigenvalue weighted by molar-refractivity contribution is 5.75. The van der Waals surface area contributed by atoms with Crippen molar-refractivity contribution in [1.82, 2.24) is 19.6 Å². The Morgan fingerprint density at radius 3 is 2.24 bits per heavy atom. The molecule has 0 saturated heterocycles. The van der Waals surface area contributed by atoms with Crippen LogP contribution in [0.5, 0.6) is 11.6 Å². The molecule has 0 spiro atoms. The van der Waals surface area contributed by atoms with Gasteiger partial charge in [0.25, 0.3) is 5.78 Å². The molecular weight excluding hydrogens is 434 g/mol. The Hall–Kier alpha value is -2.85. The van der Waals surface area contributed by atoms with Crippen molar-refractivity contribution >= 4 is 5.78 Å². The molecule has 1 aliphatic carbocycles. The Kier molecular flexibility index (Phi) is 7.66. The molecule has 0 bridgehead atoms. The molecule has 0 aliphatic heterocycles. The molecule has 2 heterocycles. The fraction of sp³-hybridized carbons (Fsp3) is 0.522. The molecule has 1 aliphatic rings. The van der Waals surface area contributed by atoms with Crippen molar-refractivity contribution in [2.45, 2.75) is 38.0 Å². The molecule has 0 atom stereocenters. The van der Waals surface area contributed by atoms with Crippen LogP contribution in [0.4, 0.5) is 8.78 Å². The lowest BCUT2D eigenvalue weighted by molar-refractivity contribution is 0.144. The van der Waals surface area contributed by atoms with Crippen LogP contribution in [0.1, 0.15) is 43.7 Å². The van der Waals surface area contributed by atoms with E-state index in [1.807, 2.05) is 0 Å². The van der Waals surface area contributed by atoms with Crippen LogP contribution < -0.4 is 9.47 Å². The van der Waals surface area contributed by atoms with Gasteiger partial charge in [0.2, 0.25) is 5.88 Å². The van der Waals surface area contributed by atoms with Crippen LogP contribution in [0.3, 0.4) is 0 Å². The van der Waals surface area contributed by atoms with Gasteiger partial charge >= 0.3 is 0 Å². The van der Waals surface area contributed by atoms with E-state index in [-0.39, 0.29) is 41.9 Å². The Morgan fingerprint density at radius 2 is 1.58 bits per heavy atom. The van der Waals surface area contributed by atoms with Gasteiger partial charge in [-0.2, -0.15) is 15.1 Å². The van der Waals surface area contributed by atoms with Crippen molar-refractivity contribution in [3.8, 4) is 22.8 Å². The lowest BCUT2D eigenvalue weighted by atomic mass is 9.83. The number of ether oxygens (including phenoxy) is 4. The van der Waals surface area contributed by atoms with Crippen LogP contribution in [-0.2, 0) is 9.47 Å². The van der Waals surface area contributed by atoms with Crippen LogP contribution in [0.15, 0.2) is 18.5 Å². The second kappa shape index (κ2) is 10.8. The van der Waals surface area contributed by atoms with Crippen LogP contribution in [0, 0.1) is 11.6 Å². The molecule has 10 heteroatoms. The van der Waals surface area contributed by atoms with E-state index in [2.05, 4.69) is 15.1 Å². The molecule has 0 radical (unpaired) electrons. The SMILES string of the molecule is COCCOc1cc(F)c(-c2c(OCCOC)nc3ncnn3c2C2CCCCC2)c(F)c1. The van der Waals surface area contributed by atoms with Gasteiger partial charge in [-0.1, -0.05) is 19.3 Å². The molecule has 3 aromatic rings. The number of hydrogen-bond donors (Lipinski definition) is 0. The summed E-state index contributed by atoms with van der Waals surface area (Å²) in [5.41, 5.74) is 0.705. The monoisotopic (exact) mass is 462 g/mol. The number of methoxy groups -OCH3 is 2. The second-order valence-electron chi connectivity index (χ2n) is 7.93. The van der Waals surface area contributed by atoms with E-state index < -0.39 is 11.6 Å². The number of fused-ring (bicyclic) bond motifs is 1. The molecule has 33 heavy (non-hydrogen) atoms. The number of benzene rings is 1. The lowest BCUT2D eigenvalue weighted by Gasteiger charge is -2.26. The molecular formula is C23H28F2N4O4. The molecule has 0 N–H and O–H groups in total. The zero-order valence-corrected chi connectivity index (χ0v) is 18.9. The van der Waals surface area contributed by atoms with E-state index in [1.54, 1.807) is 11.6 Å². The first-order chi connectivity index (χ1) is 16.1. The maximum atomic E-state index is 15.4. The number of nitrogens with zero attached hydrogens (tertiary/aromatic N) is 4. The van der Waals surface area contributed by atoms with Gasteiger partial charge in [-0.3, -0.25) is 0 Å². The molecule has 4 rings (SSSR count). The highest BCUT2D eigenvalue weighted by Gasteiger charge is 2.30. The van der Waals surface area contributed by atoms with Gasteiger partial charge in [0.05, 0.1) is 30.0 Å². The van der Waals surface area contributed by atoms with Crippen LogP contribution in [-0.4, -0.2) is 60.2 Å². The molecule has 178 valence electrons. The standard InChI is InChI=1S/C23H28F2N4O4/c1-30-8-10-32-16-12-17(24)19(18(25)13-16)20-21(15-6-4-3-5-7-15)29-23(26-14-27-29)28-22(20)33-11-9-31-2/h12-15H,3-11H2,1-2H3. The first kappa shape index (κ1) is 23.3. The summed E-state index contributed by atoms with van der Waals surface area (Å²) < 4.78 is 53.8. The van der Waals surface area contributed by atoms with Gasteiger partial charge < -0.3 is 18.9 Å². The van der Waals surface area contributed by atoms with Crippen molar-refractivity contribution in [2.24, 2.45) is 0 Å². The van der Waals surface area contributed by atoms with Crippen LogP contribution in [0.2, 0.25) is 0 Å². The minimum Gasteiger partial charge on any atom is -0.491 e. The molecule has 8 nitrogen and oxygen atoms in total. The molecule has 1 aromatic carbocycles. The number of rotatable bonds is 10. The second-order valence-corrected chi connectivity index (χ2v) is 7.93. The Morgan fingerprint density at radius 1 is 0.909 bits per heavy atom. The van der Waals surface area contributed by atoms with E-state index in [0.29, 0.717) is 24.7 Å². The largest absolute Gasteiger partial charge is 0.491 e. The summed E-state index contributed by atoms with van der Waals surface area (Å²) in [6, 6.07) is 2.34. The van der Waals surface area contributed by atoms with Crippen molar-refractivity contribution < 1.29 is 27.7 Å². The minimum absolute atomic E-state index is 0.0437. The van der Waals surface area contributed by atoms with E-state index >= 15 is 8.78 Å². The van der Waals surface area contributed by atoms with Crippen molar-refractivity contribution in [1.29, 1.82) is 0 Å². The molecule has 1 fully saturated rings. The number of halogens is 2. The van der Waals surface area contributed by atoms with Gasteiger partial charge in [-0.25, -0.2) is 13.3 Å². The zero-order valence-electron chi connectivity index (χ0n) is 18.9. The van der Waals surface area contributed by atoms with E-state index in [1.165, 1.54) is 25.6 Å². The van der Waals surface area contributed by atoms with Gasteiger partial charge in [-0.05, 0) is 12.8 Å². The predicted molar refractivity (Wildman–Crippen MR) is 117 cm³/mol. The highest BCUT2D eigenvalue weighted by atomic mass is 19.1. The fourth-order valence-corrected chi connectivity index (χ4v) is 4.27. The van der Waals surface area contributed by atoms with E-state index in [9.17, 15) is 0 Å². The summed E-state index contributed by atoms with van der Waals surface area (Å²) >= 11 is 0. The highest BCUT2D eigenvalue weighted by Crippen LogP contribution is 2.44. The van der Waals surface area contributed by atoms with Crippen molar-refractivity contribution in [3.63, 3.8) is 0 Å². The van der Waals surface area contributed by atoms with Crippen LogP contribution in [0.25, 0.3) is 16.9 Å². The number of aromatic nitrogens is 4. The first-order valence-corrected chi connectivity index (χ1v) is 11.1. The normalized spacial score (nSPS) is 14.7. The maximum Gasteiger partial charge on any atom is 0.255 e. The third kappa shape index (κ3) is 5.06. The Labute approximate surface area is 190 Å². The van der Waals surface area contributed by atoms with Gasteiger partial charge in [0.1, 0.15) is 36.9 Å². The van der Waals surface area contributed by atoms with Gasteiger partial charge in [-0.15, -0.1) is 0 Å². The fourth-order valence-electron chi connectivity index (χ4n) is 4.27. The average Bonchev–Trinajstić information content (AvgIpc) is 3.28. The quantitative estimate of drug-likeness (QED) is 0.419. The summed E-state index contributed by atoms with van der Waals surface area (Å²) in [6.45, 7) is 0.961. The van der Waals surface area contributed by atoms with Crippen LogP contribution >= 0.6 is 0 Å². The summed E-state index contributed by atoms with van der Waals surface area (Å²) in [7, 11) is 3.08. The smallest absolute Gasteiger partial charge is 0.255 e. The summed E-state index contributed by atoms with van der Waals surface area (Å²) in [4.78, 5) is 8.64. The van der Waals surface area contributed by atoms with Crippen molar-refractivity contribution in [2.75, 3.05) is 40.6 Å². The third-order valence-corrected chi connectivity index (χ3v) is 5.77. The maximum absolute atomic E-state index is 15.4. The van der Waals surface area contributed by atoms with Gasteiger partial charge in [0.15, 0.2) is 0 Å². The van der Waals surface area contributed by atoms with Gasteiger partial charge in [0, 0.05) is 32.3 Å². The predicted octanol–water partition coefficient (Wildman–Crippen LogP) is 4.17. The summed E-state index contributed by atoms with van der Waals surface area (Å²) in [5, 5.41) is 4.32. The number of hydrogen-bond acceptors (Lipinski definition) is 7. The zero-order chi connectivity index (χ0) is 23.2.